The van der Waals surface area contributed by atoms with Crippen LogP contribution in [0.1, 0.15) is 41.2 Å². The fraction of sp³-hybridized carbons (Fsp3) is 0.240. The molecule has 1 aromatic carbocycles. The molecule has 0 aliphatic carbocycles. The summed E-state index contributed by atoms with van der Waals surface area (Å²) in [5.74, 6) is -0.539. The van der Waals surface area contributed by atoms with E-state index < -0.39 is 5.91 Å². The number of nitrogens with zero attached hydrogens (tertiary/aromatic N) is 6. The average Bonchev–Trinajstić information content (AvgIpc) is 3.13. The van der Waals surface area contributed by atoms with Gasteiger partial charge in [0.15, 0.2) is 5.69 Å². The summed E-state index contributed by atoms with van der Waals surface area (Å²) >= 11 is 3.50. The number of likely N-dealkylation sites (tertiary alicyclic amines) is 1. The summed E-state index contributed by atoms with van der Waals surface area (Å²) in [7, 11) is 0. The first-order valence-electron chi connectivity index (χ1n) is 11.1. The van der Waals surface area contributed by atoms with Crippen LogP contribution in [0, 0.1) is 0 Å². The van der Waals surface area contributed by atoms with Crippen molar-refractivity contribution < 1.29 is 9.90 Å². The average molecular weight is 519 g/mol. The molecule has 4 heterocycles. The van der Waals surface area contributed by atoms with Gasteiger partial charge in [0, 0.05) is 47.2 Å². The molecular weight excluding hydrogens is 496 g/mol. The molecule has 1 saturated heterocycles. The molecule has 1 aliphatic rings. The van der Waals surface area contributed by atoms with Gasteiger partial charge in [-0.05, 0) is 54.8 Å². The minimum Gasteiger partial charge on any atom is -0.493 e. The van der Waals surface area contributed by atoms with Gasteiger partial charge < -0.3 is 5.11 Å². The molecule has 34 heavy (non-hydrogen) atoms. The molecule has 172 valence electrons. The molecule has 1 fully saturated rings. The van der Waals surface area contributed by atoms with E-state index in [1.807, 2.05) is 35.0 Å². The molecular formula is C25H23BrN6O2. The number of piperidine rings is 1. The van der Waals surface area contributed by atoms with Gasteiger partial charge in [0.25, 0.3) is 5.91 Å². The predicted molar refractivity (Wildman–Crippen MR) is 132 cm³/mol. The Morgan fingerprint density at radius 3 is 2.71 bits per heavy atom. The topological polar surface area (TPSA) is 96.0 Å². The maximum Gasteiger partial charge on any atom is 0.296 e. The summed E-state index contributed by atoms with van der Waals surface area (Å²) in [5, 5.41) is 20.0. The van der Waals surface area contributed by atoms with Gasteiger partial charge in [-0.2, -0.15) is 0 Å². The van der Waals surface area contributed by atoms with Crippen LogP contribution >= 0.6 is 15.9 Å². The molecule has 5 rings (SSSR count). The molecule has 0 saturated carbocycles. The monoisotopic (exact) mass is 518 g/mol. The zero-order valence-corrected chi connectivity index (χ0v) is 20.0. The molecule has 8 nitrogen and oxygen atoms in total. The molecule has 0 bridgehead atoms. The van der Waals surface area contributed by atoms with E-state index in [0.29, 0.717) is 17.6 Å². The normalized spacial score (nSPS) is 16.9. The Kier molecular flexibility index (Phi) is 6.46. The van der Waals surface area contributed by atoms with Crippen LogP contribution in [0.2, 0.25) is 0 Å². The Morgan fingerprint density at radius 1 is 1.12 bits per heavy atom. The van der Waals surface area contributed by atoms with Gasteiger partial charge in [0.2, 0.25) is 5.88 Å². The van der Waals surface area contributed by atoms with E-state index >= 15 is 0 Å². The van der Waals surface area contributed by atoms with Crippen molar-refractivity contribution >= 4 is 38.4 Å². The quantitative estimate of drug-likeness (QED) is 0.326. The third kappa shape index (κ3) is 4.49. The summed E-state index contributed by atoms with van der Waals surface area (Å²) in [4.78, 5) is 23.0. The first-order valence-corrected chi connectivity index (χ1v) is 11.9. The summed E-state index contributed by atoms with van der Waals surface area (Å²) in [5.41, 5.74) is 2.59. The predicted octanol–water partition coefficient (Wildman–Crippen LogP) is 6.01. The molecule has 0 spiro atoms. The Labute approximate surface area is 205 Å². The highest BCUT2D eigenvalue weighted by atomic mass is 79.9. The third-order valence-electron chi connectivity index (χ3n) is 6.13. The molecule has 0 unspecified atom stereocenters. The molecule has 1 aliphatic heterocycles. The van der Waals surface area contributed by atoms with E-state index in [1.165, 1.54) is 11.8 Å². The van der Waals surface area contributed by atoms with Crippen LogP contribution < -0.4 is 0 Å². The number of aromatic hydroxyl groups is 1. The second-order valence-corrected chi connectivity index (χ2v) is 9.18. The highest BCUT2D eigenvalue weighted by Gasteiger charge is 2.27. The van der Waals surface area contributed by atoms with Crippen LogP contribution in [-0.4, -0.2) is 37.0 Å². The van der Waals surface area contributed by atoms with Crippen LogP contribution in [0.4, 0.5) is 5.69 Å². The van der Waals surface area contributed by atoms with Crippen LogP contribution in [-0.2, 0) is 6.67 Å². The summed E-state index contributed by atoms with van der Waals surface area (Å²) < 4.78 is 2.68. The Balaban J connectivity index is 1.51. The number of carbonyl (C=O) groups excluding carboxylic acids is 1. The van der Waals surface area contributed by atoms with E-state index in [0.717, 1.165) is 35.8 Å². The second kappa shape index (κ2) is 9.82. The largest absolute Gasteiger partial charge is 0.493 e. The summed E-state index contributed by atoms with van der Waals surface area (Å²) in [6.07, 6.45) is 10.00. The van der Waals surface area contributed by atoms with E-state index in [4.69, 9.17) is 0 Å². The first kappa shape index (κ1) is 22.4. The van der Waals surface area contributed by atoms with Gasteiger partial charge in [-0.3, -0.25) is 24.2 Å². The van der Waals surface area contributed by atoms with Crippen molar-refractivity contribution in [3.05, 3.63) is 82.9 Å². The lowest BCUT2D eigenvalue weighted by atomic mass is 9.97. The number of carbonyl (C=O) groups is 1. The fourth-order valence-corrected chi connectivity index (χ4v) is 4.83. The minimum atomic E-state index is -0.518. The van der Waals surface area contributed by atoms with E-state index in [9.17, 15) is 9.90 Å². The Morgan fingerprint density at radius 2 is 1.94 bits per heavy atom. The lowest BCUT2D eigenvalue weighted by Gasteiger charge is -2.36. The fourth-order valence-electron chi connectivity index (χ4n) is 4.47. The molecule has 0 radical (unpaired) electrons. The number of azo groups is 1. The second-order valence-electron chi connectivity index (χ2n) is 8.26. The number of hydrogen-bond acceptors (Lipinski definition) is 6. The summed E-state index contributed by atoms with van der Waals surface area (Å²) in [6.45, 7) is 1.39. The number of benzene rings is 1. The molecule has 9 heteroatoms. The Hall–Kier alpha value is -3.43. The molecule has 1 atom stereocenters. The van der Waals surface area contributed by atoms with Crippen molar-refractivity contribution in [3.63, 3.8) is 0 Å². The van der Waals surface area contributed by atoms with Gasteiger partial charge >= 0.3 is 0 Å². The van der Waals surface area contributed by atoms with Crippen molar-refractivity contribution in [1.29, 1.82) is 0 Å². The molecule has 1 amide bonds. The van der Waals surface area contributed by atoms with E-state index in [2.05, 4.69) is 47.1 Å². The van der Waals surface area contributed by atoms with Crippen molar-refractivity contribution in [2.45, 2.75) is 32.0 Å². The number of aromatic nitrogens is 3. The first-order chi connectivity index (χ1) is 16.6. The maximum absolute atomic E-state index is 12.4. The van der Waals surface area contributed by atoms with Crippen LogP contribution in [0.5, 0.6) is 5.88 Å². The lowest BCUT2D eigenvalue weighted by molar-refractivity contribution is 0.0994. The zero-order chi connectivity index (χ0) is 23.5. The number of halogens is 1. The number of rotatable bonds is 5. The standard InChI is InChI=1S/C25H23BrN6O2/c26-19-8-9-22-20(13-19)23(29-30-24(33)18-6-4-11-28-15-18)25(34)32(22)16-31-12-2-1-7-21(31)17-5-3-10-27-14-17/h3-6,8-11,13-15,21,34H,1-2,7,12,16H2/t21-/m1/s1. The van der Waals surface area contributed by atoms with Crippen LogP contribution in [0.15, 0.2) is 82.0 Å². The number of pyridine rings is 2. The van der Waals surface area contributed by atoms with E-state index in [1.54, 1.807) is 24.5 Å². The van der Waals surface area contributed by atoms with Crippen LogP contribution in [0.25, 0.3) is 10.9 Å². The van der Waals surface area contributed by atoms with Gasteiger partial charge in [0.1, 0.15) is 0 Å². The van der Waals surface area contributed by atoms with Crippen molar-refractivity contribution in [2.24, 2.45) is 10.2 Å². The maximum atomic E-state index is 12.4. The smallest absolute Gasteiger partial charge is 0.296 e. The zero-order valence-electron chi connectivity index (χ0n) is 18.4. The summed E-state index contributed by atoms with van der Waals surface area (Å²) in [6, 6.07) is 13.3. The number of fused-ring (bicyclic) bond motifs is 1. The molecule has 3 aromatic heterocycles. The minimum absolute atomic E-state index is 0.0219. The highest BCUT2D eigenvalue weighted by molar-refractivity contribution is 9.10. The van der Waals surface area contributed by atoms with Crippen molar-refractivity contribution in [2.75, 3.05) is 6.54 Å². The van der Waals surface area contributed by atoms with E-state index in [-0.39, 0.29) is 17.6 Å². The highest BCUT2D eigenvalue weighted by Crippen LogP contribution is 2.41. The SMILES string of the molecule is O=C(N=Nc1c(O)n(CN2CCCC[C@@H]2c2cccnc2)c2ccc(Br)cc12)c1cccnc1. The van der Waals surface area contributed by atoms with Crippen LogP contribution in [0.3, 0.4) is 0 Å². The lowest BCUT2D eigenvalue weighted by Crippen LogP contribution is -2.34. The van der Waals surface area contributed by atoms with Gasteiger partial charge in [-0.1, -0.05) is 28.4 Å². The third-order valence-corrected chi connectivity index (χ3v) is 6.62. The van der Waals surface area contributed by atoms with Gasteiger partial charge in [-0.15, -0.1) is 10.2 Å². The van der Waals surface area contributed by atoms with Gasteiger partial charge in [0.05, 0.1) is 17.7 Å². The van der Waals surface area contributed by atoms with Gasteiger partial charge in [-0.25, -0.2) is 0 Å². The molecule has 4 aromatic rings. The Bertz CT molecular complexity index is 1340. The van der Waals surface area contributed by atoms with Crippen molar-refractivity contribution in [1.82, 2.24) is 19.4 Å². The number of hydrogen-bond donors (Lipinski definition) is 1. The number of amides is 1. The molecule has 1 N–H and O–H groups in total. The van der Waals surface area contributed by atoms with Crippen molar-refractivity contribution in [3.8, 4) is 5.88 Å².